The molecule has 0 aliphatic carbocycles. The number of unbranched alkanes of at least 4 members (excludes halogenated alkanes) is 2. The molecule has 0 saturated heterocycles. The highest BCUT2D eigenvalue weighted by molar-refractivity contribution is 5.57. The second kappa shape index (κ2) is 7.69. The normalized spacial score (nSPS) is 12.9. The van der Waals surface area contributed by atoms with E-state index in [1.54, 1.807) is 6.29 Å². The van der Waals surface area contributed by atoms with Crippen molar-refractivity contribution in [1.82, 2.24) is 0 Å². The average molecular weight is 158 g/mol. The Morgan fingerprint density at radius 3 is 2.82 bits per heavy atom. The third-order valence-electron chi connectivity index (χ3n) is 1.34. The molecule has 0 spiro atoms. The fourth-order valence-electron chi connectivity index (χ4n) is 0.698. The van der Waals surface area contributed by atoms with E-state index in [4.69, 9.17) is 10.5 Å². The van der Waals surface area contributed by atoms with Crippen molar-refractivity contribution in [2.45, 2.75) is 32.2 Å². The van der Waals surface area contributed by atoms with E-state index in [1.807, 2.05) is 0 Å². The summed E-state index contributed by atoms with van der Waals surface area (Å²) in [5.41, 5.74) is 5.24. The van der Waals surface area contributed by atoms with Crippen LogP contribution in [0.4, 0.5) is 0 Å². The molecule has 0 aliphatic heterocycles. The first-order valence-electron chi connectivity index (χ1n) is 4.02. The van der Waals surface area contributed by atoms with Crippen molar-refractivity contribution >= 4 is 6.29 Å². The van der Waals surface area contributed by atoms with E-state index < -0.39 is 6.04 Å². The van der Waals surface area contributed by atoms with Gasteiger partial charge in [0.05, 0.1) is 12.6 Å². The molecule has 1 radical (unpaired) electrons. The summed E-state index contributed by atoms with van der Waals surface area (Å²) in [6.45, 7) is 3.13. The van der Waals surface area contributed by atoms with Crippen LogP contribution in [-0.2, 0) is 9.53 Å². The van der Waals surface area contributed by atoms with E-state index in [2.05, 4.69) is 6.92 Å². The minimum Gasteiger partial charge on any atom is -0.379 e. The molecule has 0 aromatic heterocycles. The first-order valence-corrected chi connectivity index (χ1v) is 4.02. The molecule has 65 valence electrons. The quantitative estimate of drug-likeness (QED) is 0.553. The van der Waals surface area contributed by atoms with Gasteiger partial charge in [-0.25, -0.2) is 0 Å². The molecule has 1 atom stereocenters. The van der Waals surface area contributed by atoms with Crippen LogP contribution in [0.2, 0.25) is 0 Å². The zero-order valence-corrected chi connectivity index (χ0v) is 7.01. The van der Waals surface area contributed by atoms with E-state index in [9.17, 15) is 4.79 Å². The molecule has 11 heavy (non-hydrogen) atoms. The standard InChI is InChI=1S/C8H16NO2/c1-2-3-4-5-11-7-8(9)6-10/h8H,2-5,7,9H2,1H3/t8-/m1/s1. The van der Waals surface area contributed by atoms with E-state index in [0.29, 0.717) is 13.2 Å². The second-order valence-electron chi connectivity index (χ2n) is 2.51. The van der Waals surface area contributed by atoms with Crippen LogP contribution in [0.3, 0.4) is 0 Å². The first kappa shape index (κ1) is 10.6. The van der Waals surface area contributed by atoms with E-state index in [1.165, 1.54) is 12.8 Å². The molecular formula is C8H16NO2. The number of hydrogen-bond acceptors (Lipinski definition) is 3. The Kier molecular flexibility index (Phi) is 7.41. The summed E-state index contributed by atoms with van der Waals surface area (Å²) >= 11 is 0. The van der Waals surface area contributed by atoms with Gasteiger partial charge < -0.3 is 10.5 Å². The van der Waals surface area contributed by atoms with Crippen molar-refractivity contribution in [2.24, 2.45) is 5.73 Å². The number of nitrogens with two attached hydrogens (primary N) is 1. The number of hydrogen-bond donors (Lipinski definition) is 1. The summed E-state index contributed by atoms with van der Waals surface area (Å²) in [5.74, 6) is 0. The molecular weight excluding hydrogens is 142 g/mol. The predicted molar refractivity (Wildman–Crippen MR) is 44.0 cm³/mol. The lowest BCUT2D eigenvalue weighted by Crippen LogP contribution is -2.27. The highest BCUT2D eigenvalue weighted by Gasteiger charge is 1.99. The summed E-state index contributed by atoms with van der Waals surface area (Å²) in [7, 11) is 0. The Balaban J connectivity index is 2.95. The molecule has 0 saturated carbocycles. The first-order chi connectivity index (χ1) is 5.31. The third kappa shape index (κ3) is 7.49. The summed E-state index contributed by atoms with van der Waals surface area (Å²) in [6.07, 6.45) is 5.04. The molecule has 0 heterocycles. The van der Waals surface area contributed by atoms with E-state index in [-0.39, 0.29) is 0 Å². The molecule has 0 amide bonds. The van der Waals surface area contributed by atoms with Gasteiger partial charge in [0.2, 0.25) is 6.29 Å². The molecule has 3 heteroatoms. The SMILES string of the molecule is CCCCCOC[C@H](N)[C]=O. The van der Waals surface area contributed by atoms with Crippen LogP contribution >= 0.6 is 0 Å². The Labute approximate surface area is 67.9 Å². The van der Waals surface area contributed by atoms with Crippen LogP contribution in [0.25, 0.3) is 0 Å². The number of rotatable bonds is 7. The zero-order valence-electron chi connectivity index (χ0n) is 7.01. The Bertz CT molecular complexity index is 96.1. The number of carbonyl (C=O) groups excluding carboxylic acids is 1. The van der Waals surface area contributed by atoms with Crippen LogP contribution in [0.5, 0.6) is 0 Å². The molecule has 0 fully saturated rings. The highest BCUT2D eigenvalue weighted by atomic mass is 16.5. The maximum absolute atomic E-state index is 9.89. The lowest BCUT2D eigenvalue weighted by Gasteiger charge is -2.04. The van der Waals surface area contributed by atoms with Gasteiger partial charge in [0, 0.05) is 6.61 Å². The minimum absolute atomic E-state index is 0.299. The van der Waals surface area contributed by atoms with Crippen molar-refractivity contribution in [2.75, 3.05) is 13.2 Å². The van der Waals surface area contributed by atoms with Crippen LogP contribution in [0.1, 0.15) is 26.2 Å². The topological polar surface area (TPSA) is 52.3 Å². The minimum atomic E-state index is -0.573. The summed E-state index contributed by atoms with van der Waals surface area (Å²) in [4.78, 5) is 9.89. The van der Waals surface area contributed by atoms with Crippen LogP contribution in [0, 0.1) is 0 Å². The van der Waals surface area contributed by atoms with Crippen LogP contribution < -0.4 is 5.73 Å². The van der Waals surface area contributed by atoms with Crippen molar-refractivity contribution in [3.63, 3.8) is 0 Å². The molecule has 3 nitrogen and oxygen atoms in total. The van der Waals surface area contributed by atoms with E-state index in [0.717, 1.165) is 6.42 Å². The molecule has 0 aromatic carbocycles. The van der Waals surface area contributed by atoms with Crippen molar-refractivity contribution in [3.05, 3.63) is 0 Å². The van der Waals surface area contributed by atoms with Gasteiger partial charge in [-0.1, -0.05) is 19.8 Å². The molecule has 2 N–H and O–H groups in total. The Hall–Kier alpha value is -0.410. The maximum atomic E-state index is 9.89. The highest BCUT2D eigenvalue weighted by Crippen LogP contribution is 1.93. The van der Waals surface area contributed by atoms with Gasteiger partial charge in [-0.3, -0.25) is 4.79 Å². The monoisotopic (exact) mass is 158 g/mol. The van der Waals surface area contributed by atoms with Gasteiger partial charge in [0.1, 0.15) is 0 Å². The molecule has 0 aromatic rings. The average Bonchev–Trinajstić information content (AvgIpc) is 2.04. The summed E-state index contributed by atoms with van der Waals surface area (Å²) in [5, 5.41) is 0. The van der Waals surface area contributed by atoms with Gasteiger partial charge in [0.15, 0.2) is 0 Å². The van der Waals surface area contributed by atoms with Crippen molar-refractivity contribution < 1.29 is 9.53 Å². The van der Waals surface area contributed by atoms with E-state index >= 15 is 0 Å². The number of ether oxygens (including phenoxy) is 1. The fourth-order valence-corrected chi connectivity index (χ4v) is 0.698. The lowest BCUT2D eigenvalue weighted by atomic mass is 10.3. The largest absolute Gasteiger partial charge is 0.379 e. The molecule has 0 rings (SSSR count). The summed E-state index contributed by atoms with van der Waals surface area (Å²) < 4.78 is 5.10. The second-order valence-corrected chi connectivity index (χ2v) is 2.51. The van der Waals surface area contributed by atoms with Gasteiger partial charge in [-0.05, 0) is 6.42 Å². The van der Waals surface area contributed by atoms with Gasteiger partial charge >= 0.3 is 0 Å². The summed E-state index contributed by atoms with van der Waals surface area (Å²) in [6, 6.07) is -0.573. The molecule has 0 bridgehead atoms. The van der Waals surface area contributed by atoms with Crippen LogP contribution in [-0.4, -0.2) is 25.5 Å². The third-order valence-corrected chi connectivity index (χ3v) is 1.34. The predicted octanol–water partition coefficient (Wildman–Crippen LogP) is 0.630. The smallest absolute Gasteiger partial charge is 0.219 e. The Morgan fingerprint density at radius 2 is 2.27 bits per heavy atom. The molecule has 0 unspecified atom stereocenters. The Morgan fingerprint density at radius 1 is 1.55 bits per heavy atom. The molecule has 0 aliphatic rings. The van der Waals surface area contributed by atoms with Crippen molar-refractivity contribution in [3.8, 4) is 0 Å². The van der Waals surface area contributed by atoms with Crippen molar-refractivity contribution in [1.29, 1.82) is 0 Å². The lowest BCUT2D eigenvalue weighted by molar-refractivity contribution is 0.128. The van der Waals surface area contributed by atoms with Gasteiger partial charge in [-0.15, -0.1) is 0 Å². The zero-order chi connectivity index (χ0) is 8.53. The van der Waals surface area contributed by atoms with Crippen LogP contribution in [0.15, 0.2) is 0 Å². The fraction of sp³-hybridized carbons (Fsp3) is 0.875. The van der Waals surface area contributed by atoms with Gasteiger partial charge in [0.25, 0.3) is 0 Å². The maximum Gasteiger partial charge on any atom is 0.219 e. The van der Waals surface area contributed by atoms with Gasteiger partial charge in [-0.2, -0.15) is 0 Å².